The fourth-order valence-corrected chi connectivity index (χ4v) is 6.78. The topological polar surface area (TPSA) is 43.9 Å². The molecule has 1 saturated carbocycles. The van der Waals surface area contributed by atoms with Gasteiger partial charge in [0, 0.05) is 51.4 Å². The first-order chi connectivity index (χ1) is 19.0. The normalized spacial score (nSPS) is 22.3. The molecule has 0 radical (unpaired) electrons. The van der Waals surface area contributed by atoms with Crippen LogP contribution in [0.5, 0.6) is 0 Å². The summed E-state index contributed by atoms with van der Waals surface area (Å²) in [6.45, 7) is 16.8. The lowest BCUT2D eigenvalue weighted by Gasteiger charge is -2.57. The molecule has 5 nitrogen and oxygen atoms in total. The van der Waals surface area contributed by atoms with E-state index in [9.17, 15) is 9.59 Å². The molecule has 2 unspecified atom stereocenters. The van der Waals surface area contributed by atoms with Gasteiger partial charge in [0.25, 0.3) is 5.91 Å². The van der Waals surface area contributed by atoms with Crippen molar-refractivity contribution < 1.29 is 9.59 Å². The van der Waals surface area contributed by atoms with Crippen molar-refractivity contribution in [3.63, 3.8) is 0 Å². The summed E-state index contributed by atoms with van der Waals surface area (Å²) >= 11 is 0. The molecule has 214 valence electrons. The van der Waals surface area contributed by atoms with Gasteiger partial charge in [-0.3, -0.25) is 14.5 Å². The highest BCUT2D eigenvalue weighted by Gasteiger charge is 2.51. The van der Waals surface area contributed by atoms with E-state index in [1.165, 1.54) is 17.6 Å². The summed E-state index contributed by atoms with van der Waals surface area (Å²) in [6.07, 6.45) is 5.29. The predicted octanol–water partition coefficient (Wildman–Crippen LogP) is 5.81. The number of hydrogen-bond acceptors (Lipinski definition) is 3. The lowest BCUT2D eigenvalue weighted by atomic mass is 9.49. The zero-order valence-electron chi connectivity index (χ0n) is 25.2. The number of allylic oxidation sites excluding steroid dienone is 1. The van der Waals surface area contributed by atoms with E-state index in [0.717, 1.165) is 69.3 Å². The van der Waals surface area contributed by atoms with Crippen LogP contribution in [0.2, 0.25) is 0 Å². The van der Waals surface area contributed by atoms with Gasteiger partial charge in [-0.15, -0.1) is 0 Å². The van der Waals surface area contributed by atoms with E-state index in [0.29, 0.717) is 17.8 Å². The van der Waals surface area contributed by atoms with Crippen molar-refractivity contribution in [1.82, 2.24) is 14.7 Å². The van der Waals surface area contributed by atoms with Crippen molar-refractivity contribution in [3.05, 3.63) is 82.9 Å². The van der Waals surface area contributed by atoms with Crippen LogP contribution in [0.3, 0.4) is 0 Å². The Hall–Kier alpha value is -2.92. The number of fused-ring (bicyclic) bond motifs is 1. The number of carbonyl (C=O) groups excluding carboxylic acids is 2. The molecule has 2 aromatic carbocycles. The lowest BCUT2D eigenvalue weighted by molar-refractivity contribution is -0.130. The van der Waals surface area contributed by atoms with Crippen molar-refractivity contribution in [1.29, 1.82) is 0 Å². The molecule has 0 N–H and O–H groups in total. The minimum atomic E-state index is 0.0770. The molecule has 0 aromatic heterocycles. The molecule has 0 spiro atoms. The SMILES string of the molecule is CC(C)(C)c1ccc(C(=O)N2CCN(CCN(CC3=CCC4CC3C4(C)C)C(=O)Cc3ccccc3)CC2)cc1. The van der Waals surface area contributed by atoms with Crippen LogP contribution in [-0.2, 0) is 16.6 Å². The minimum absolute atomic E-state index is 0.0770. The maximum Gasteiger partial charge on any atom is 0.253 e. The molecule has 2 amide bonds. The van der Waals surface area contributed by atoms with E-state index >= 15 is 0 Å². The van der Waals surface area contributed by atoms with Gasteiger partial charge < -0.3 is 9.80 Å². The monoisotopic (exact) mass is 541 g/mol. The first kappa shape index (κ1) is 28.6. The van der Waals surface area contributed by atoms with Gasteiger partial charge in [-0.25, -0.2) is 0 Å². The first-order valence-corrected chi connectivity index (χ1v) is 15.1. The summed E-state index contributed by atoms with van der Waals surface area (Å²) in [4.78, 5) is 33.2. The Morgan fingerprint density at radius 1 is 0.950 bits per heavy atom. The lowest BCUT2D eigenvalue weighted by Crippen LogP contribution is -2.52. The van der Waals surface area contributed by atoms with Gasteiger partial charge in [0.2, 0.25) is 5.91 Å². The summed E-state index contributed by atoms with van der Waals surface area (Å²) in [5, 5.41) is 0. The molecule has 1 saturated heterocycles. The molecule has 5 heteroatoms. The van der Waals surface area contributed by atoms with Crippen molar-refractivity contribution in [3.8, 4) is 0 Å². The molecule has 3 aliphatic carbocycles. The van der Waals surface area contributed by atoms with Gasteiger partial charge >= 0.3 is 0 Å². The number of amides is 2. The van der Waals surface area contributed by atoms with Crippen molar-refractivity contribution in [2.24, 2.45) is 17.3 Å². The maximum atomic E-state index is 13.6. The van der Waals surface area contributed by atoms with E-state index in [4.69, 9.17) is 0 Å². The number of carbonyl (C=O) groups is 2. The largest absolute Gasteiger partial charge is 0.337 e. The molecule has 1 aliphatic heterocycles. The fraction of sp³-hybridized carbons (Fsp3) is 0.543. The van der Waals surface area contributed by atoms with Gasteiger partial charge in [-0.05, 0) is 58.8 Å². The minimum Gasteiger partial charge on any atom is -0.337 e. The quantitative estimate of drug-likeness (QED) is 0.397. The van der Waals surface area contributed by atoms with Crippen LogP contribution in [0.25, 0.3) is 0 Å². The first-order valence-electron chi connectivity index (χ1n) is 15.1. The van der Waals surface area contributed by atoms with Crippen molar-refractivity contribution in [2.75, 3.05) is 45.8 Å². The third-order valence-corrected chi connectivity index (χ3v) is 9.85. The standard InChI is InChI=1S/C35H47N3O2/c1-34(2,3)29-14-11-27(12-15-29)33(40)37-20-17-36(18-21-37)19-22-38(32(39)23-26-9-7-6-8-10-26)25-28-13-16-30-24-31(28)35(30,4)5/h6-15,30-31H,16-25H2,1-5H3. The molecule has 2 aromatic rings. The van der Waals surface area contributed by atoms with Gasteiger partial charge in [0.05, 0.1) is 6.42 Å². The number of nitrogens with zero attached hydrogens (tertiary/aromatic N) is 3. The Labute approximate surface area is 241 Å². The van der Waals surface area contributed by atoms with Crippen LogP contribution in [0.15, 0.2) is 66.2 Å². The molecule has 40 heavy (non-hydrogen) atoms. The summed E-state index contributed by atoms with van der Waals surface area (Å²) in [5.41, 5.74) is 4.97. The molecule has 6 rings (SSSR count). The molecular weight excluding hydrogens is 494 g/mol. The highest BCUT2D eigenvalue weighted by atomic mass is 16.2. The highest BCUT2D eigenvalue weighted by molar-refractivity contribution is 5.94. The summed E-state index contributed by atoms with van der Waals surface area (Å²) < 4.78 is 0. The predicted molar refractivity (Wildman–Crippen MR) is 162 cm³/mol. The van der Waals surface area contributed by atoms with Gasteiger partial charge in [0.1, 0.15) is 0 Å². The summed E-state index contributed by atoms with van der Waals surface area (Å²) in [5.74, 6) is 1.72. The van der Waals surface area contributed by atoms with Gasteiger partial charge in [-0.2, -0.15) is 0 Å². The average molecular weight is 542 g/mol. The van der Waals surface area contributed by atoms with E-state index < -0.39 is 0 Å². The van der Waals surface area contributed by atoms with Gasteiger partial charge in [0.15, 0.2) is 0 Å². The Morgan fingerprint density at radius 3 is 2.23 bits per heavy atom. The van der Waals surface area contributed by atoms with Crippen LogP contribution in [0.1, 0.15) is 68.9 Å². The van der Waals surface area contributed by atoms with Crippen LogP contribution in [0.4, 0.5) is 0 Å². The van der Waals surface area contributed by atoms with Crippen molar-refractivity contribution in [2.45, 2.75) is 59.3 Å². The van der Waals surface area contributed by atoms with Crippen LogP contribution >= 0.6 is 0 Å². The number of hydrogen-bond donors (Lipinski definition) is 0. The third kappa shape index (κ3) is 6.20. The van der Waals surface area contributed by atoms with Crippen LogP contribution in [0, 0.1) is 17.3 Å². The average Bonchev–Trinajstić information content (AvgIpc) is 2.95. The summed E-state index contributed by atoms with van der Waals surface area (Å²) in [7, 11) is 0. The molecule has 2 fully saturated rings. The Morgan fingerprint density at radius 2 is 1.62 bits per heavy atom. The van der Waals surface area contributed by atoms with E-state index in [-0.39, 0.29) is 17.2 Å². The Bertz CT molecular complexity index is 1220. The second kappa shape index (κ2) is 11.5. The molecule has 2 atom stereocenters. The zero-order valence-corrected chi connectivity index (χ0v) is 25.2. The Balaban J connectivity index is 1.17. The number of rotatable bonds is 8. The van der Waals surface area contributed by atoms with E-state index in [1.54, 1.807) is 0 Å². The fourth-order valence-electron chi connectivity index (χ4n) is 6.78. The summed E-state index contributed by atoms with van der Waals surface area (Å²) in [6, 6.07) is 18.2. The van der Waals surface area contributed by atoms with E-state index in [1.807, 2.05) is 47.4 Å². The molecule has 4 aliphatic rings. The maximum absolute atomic E-state index is 13.6. The van der Waals surface area contributed by atoms with Crippen molar-refractivity contribution >= 4 is 11.8 Å². The van der Waals surface area contributed by atoms with E-state index in [2.05, 4.69) is 62.6 Å². The molecular formula is C35H47N3O2. The third-order valence-electron chi connectivity index (χ3n) is 9.85. The number of benzene rings is 2. The second-order valence-electron chi connectivity index (χ2n) is 13.8. The number of piperazine rings is 1. The zero-order chi connectivity index (χ0) is 28.5. The van der Waals surface area contributed by atoms with Crippen LogP contribution < -0.4 is 0 Å². The Kier molecular flexibility index (Phi) is 8.24. The highest BCUT2D eigenvalue weighted by Crippen LogP contribution is 2.59. The van der Waals surface area contributed by atoms with Crippen LogP contribution in [-0.4, -0.2) is 72.3 Å². The molecule has 1 heterocycles. The second-order valence-corrected chi connectivity index (χ2v) is 13.8. The van der Waals surface area contributed by atoms with Gasteiger partial charge in [-0.1, -0.05) is 88.7 Å². The molecule has 2 bridgehead atoms. The smallest absolute Gasteiger partial charge is 0.253 e.